The van der Waals surface area contributed by atoms with Crippen LogP contribution in [-0.4, -0.2) is 37.5 Å². The van der Waals surface area contributed by atoms with Crippen molar-refractivity contribution in [2.24, 2.45) is 5.10 Å². The molecule has 1 aliphatic heterocycles. The van der Waals surface area contributed by atoms with E-state index in [1.54, 1.807) is 11.6 Å². The molecular formula is C14H16BrN5OS. The molecule has 0 bridgehead atoms. The Bertz CT molecular complexity index is 669. The topological polar surface area (TPSA) is 75.8 Å². The summed E-state index contributed by atoms with van der Waals surface area (Å²) in [7, 11) is 0. The molecular weight excluding hydrogens is 366 g/mol. The molecule has 3 N–H and O–H groups in total. The molecule has 0 atom stereocenters. The minimum absolute atomic E-state index is 0.499. The van der Waals surface area contributed by atoms with Crippen LogP contribution >= 0.6 is 27.3 Å². The molecule has 1 fully saturated rings. The fourth-order valence-corrected chi connectivity index (χ4v) is 3.15. The molecule has 0 amide bonds. The Kier molecular flexibility index (Phi) is 4.91. The summed E-state index contributed by atoms with van der Waals surface area (Å²) in [6.07, 6.45) is 1.75. The lowest BCUT2D eigenvalue weighted by molar-refractivity contribution is 0.122. The number of anilines is 3. The fourth-order valence-electron chi connectivity index (χ4n) is 2.13. The van der Waals surface area contributed by atoms with Gasteiger partial charge in [-0.05, 0) is 12.1 Å². The molecule has 1 aromatic heterocycles. The highest BCUT2D eigenvalue weighted by atomic mass is 79.9. The van der Waals surface area contributed by atoms with Crippen molar-refractivity contribution >= 4 is 50.1 Å². The molecule has 2 heterocycles. The Labute approximate surface area is 141 Å². The molecule has 2 aromatic rings. The summed E-state index contributed by atoms with van der Waals surface area (Å²) in [5, 5.41) is 6.63. The lowest BCUT2D eigenvalue weighted by atomic mass is 10.2. The summed E-state index contributed by atoms with van der Waals surface area (Å²) in [5.41, 5.74) is 10.6. The van der Waals surface area contributed by atoms with Crippen LogP contribution in [0.2, 0.25) is 0 Å². The number of nitrogens with zero attached hydrogens (tertiary/aromatic N) is 3. The number of nitrogens with two attached hydrogens (primary N) is 1. The minimum Gasteiger partial charge on any atom is -0.383 e. The van der Waals surface area contributed by atoms with Gasteiger partial charge in [-0.25, -0.2) is 4.98 Å². The third-order valence-electron chi connectivity index (χ3n) is 3.25. The predicted molar refractivity (Wildman–Crippen MR) is 94.9 cm³/mol. The summed E-state index contributed by atoms with van der Waals surface area (Å²) in [5.74, 6) is 0.499. The number of benzene rings is 1. The van der Waals surface area contributed by atoms with E-state index in [1.807, 2.05) is 6.07 Å². The second kappa shape index (κ2) is 7.08. The number of hydrogen-bond donors (Lipinski definition) is 2. The highest BCUT2D eigenvalue weighted by Crippen LogP contribution is 2.24. The fraction of sp³-hybridized carbons (Fsp3) is 0.286. The van der Waals surface area contributed by atoms with E-state index in [0.717, 1.165) is 36.3 Å². The quantitative estimate of drug-likeness (QED) is 0.628. The van der Waals surface area contributed by atoms with Gasteiger partial charge in [-0.15, -0.1) is 11.3 Å². The Morgan fingerprint density at radius 2 is 2.23 bits per heavy atom. The molecule has 22 heavy (non-hydrogen) atoms. The first-order chi connectivity index (χ1) is 10.7. The van der Waals surface area contributed by atoms with Gasteiger partial charge in [0.15, 0.2) is 0 Å². The summed E-state index contributed by atoms with van der Waals surface area (Å²) in [6, 6.07) is 6.24. The van der Waals surface area contributed by atoms with Crippen LogP contribution in [0.1, 0.15) is 5.56 Å². The molecule has 1 saturated heterocycles. The molecule has 0 radical (unpaired) electrons. The number of hydrogen-bond acceptors (Lipinski definition) is 7. The van der Waals surface area contributed by atoms with Crippen LogP contribution in [0, 0.1) is 0 Å². The standard InChI is InChI=1S/C14H16BrN5OS/c15-12-7-11(20-3-5-21-6-4-20)2-1-10(12)8-17-19-14-18-13(16)9-22-14/h1-2,7-9H,3-6,16H2,(H,18,19). The van der Waals surface area contributed by atoms with E-state index in [0.29, 0.717) is 10.9 Å². The van der Waals surface area contributed by atoms with Gasteiger partial charge in [0.2, 0.25) is 5.13 Å². The van der Waals surface area contributed by atoms with E-state index >= 15 is 0 Å². The van der Waals surface area contributed by atoms with Crippen molar-refractivity contribution < 1.29 is 4.74 Å². The number of aromatic nitrogens is 1. The average molecular weight is 382 g/mol. The lowest BCUT2D eigenvalue weighted by Gasteiger charge is -2.29. The molecule has 0 aliphatic carbocycles. The summed E-state index contributed by atoms with van der Waals surface area (Å²) in [6.45, 7) is 3.41. The highest BCUT2D eigenvalue weighted by Gasteiger charge is 2.12. The van der Waals surface area contributed by atoms with E-state index in [2.05, 4.69) is 48.5 Å². The van der Waals surface area contributed by atoms with Gasteiger partial charge in [-0.2, -0.15) is 5.10 Å². The van der Waals surface area contributed by atoms with E-state index in [1.165, 1.54) is 17.0 Å². The molecule has 1 aromatic carbocycles. The molecule has 0 spiro atoms. The second-order valence-corrected chi connectivity index (χ2v) is 6.47. The van der Waals surface area contributed by atoms with Gasteiger partial charge in [0, 0.05) is 34.2 Å². The van der Waals surface area contributed by atoms with E-state index in [9.17, 15) is 0 Å². The van der Waals surface area contributed by atoms with Crippen molar-refractivity contribution in [2.45, 2.75) is 0 Å². The minimum atomic E-state index is 0.499. The SMILES string of the molecule is Nc1csc(NN=Cc2ccc(N3CCOCC3)cc2Br)n1. The van der Waals surface area contributed by atoms with E-state index < -0.39 is 0 Å². The van der Waals surface area contributed by atoms with Gasteiger partial charge >= 0.3 is 0 Å². The zero-order valence-corrected chi connectivity index (χ0v) is 14.2. The van der Waals surface area contributed by atoms with Crippen LogP contribution in [0.5, 0.6) is 0 Å². The van der Waals surface area contributed by atoms with Gasteiger partial charge in [-0.1, -0.05) is 22.0 Å². The molecule has 6 nitrogen and oxygen atoms in total. The van der Waals surface area contributed by atoms with Gasteiger partial charge in [0.05, 0.1) is 19.4 Å². The third-order valence-corrected chi connectivity index (χ3v) is 4.70. The van der Waals surface area contributed by atoms with Crippen LogP contribution in [-0.2, 0) is 4.74 Å². The second-order valence-electron chi connectivity index (χ2n) is 4.75. The van der Waals surface area contributed by atoms with Gasteiger partial charge < -0.3 is 15.4 Å². The first kappa shape index (κ1) is 15.3. The van der Waals surface area contributed by atoms with Crippen molar-refractivity contribution in [2.75, 3.05) is 42.4 Å². The number of nitrogens with one attached hydrogen (secondary N) is 1. The Morgan fingerprint density at radius 3 is 2.91 bits per heavy atom. The first-order valence-electron chi connectivity index (χ1n) is 6.85. The summed E-state index contributed by atoms with van der Waals surface area (Å²) < 4.78 is 6.38. The maximum atomic E-state index is 5.56. The molecule has 8 heteroatoms. The molecule has 1 aliphatic rings. The largest absolute Gasteiger partial charge is 0.383 e. The average Bonchev–Trinajstić information content (AvgIpc) is 2.95. The van der Waals surface area contributed by atoms with Crippen molar-refractivity contribution in [1.82, 2.24) is 4.98 Å². The number of rotatable bonds is 4. The molecule has 3 rings (SSSR count). The van der Waals surface area contributed by atoms with Crippen LogP contribution in [0.15, 0.2) is 33.2 Å². The predicted octanol–water partition coefficient (Wildman–Crippen LogP) is 2.77. The maximum absolute atomic E-state index is 5.56. The van der Waals surface area contributed by atoms with E-state index in [4.69, 9.17) is 10.5 Å². The van der Waals surface area contributed by atoms with Crippen molar-refractivity contribution in [3.63, 3.8) is 0 Å². The monoisotopic (exact) mass is 381 g/mol. The summed E-state index contributed by atoms with van der Waals surface area (Å²) >= 11 is 5.01. The number of morpholine rings is 1. The van der Waals surface area contributed by atoms with Crippen LogP contribution in [0.3, 0.4) is 0 Å². The maximum Gasteiger partial charge on any atom is 0.205 e. The zero-order chi connectivity index (χ0) is 15.4. The van der Waals surface area contributed by atoms with Crippen LogP contribution < -0.4 is 16.1 Å². The van der Waals surface area contributed by atoms with E-state index in [-0.39, 0.29) is 0 Å². The Balaban J connectivity index is 1.66. The van der Waals surface area contributed by atoms with Gasteiger partial charge in [-0.3, -0.25) is 5.43 Å². The lowest BCUT2D eigenvalue weighted by Crippen LogP contribution is -2.36. The number of thiazole rings is 1. The smallest absolute Gasteiger partial charge is 0.205 e. The Hall–Kier alpha value is -1.64. The molecule has 0 saturated carbocycles. The van der Waals surface area contributed by atoms with Crippen molar-refractivity contribution in [3.05, 3.63) is 33.6 Å². The zero-order valence-electron chi connectivity index (χ0n) is 11.8. The normalized spacial score (nSPS) is 15.4. The number of halogens is 1. The first-order valence-corrected chi connectivity index (χ1v) is 8.52. The number of ether oxygens (including phenoxy) is 1. The molecule has 116 valence electrons. The van der Waals surface area contributed by atoms with Crippen molar-refractivity contribution in [3.8, 4) is 0 Å². The summed E-state index contributed by atoms with van der Waals surface area (Å²) in [4.78, 5) is 6.39. The highest BCUT2D eigenvalue weighted by molar-refractivity contribution is 9.10. The third kappa shape index (κ3) is 3.76. The number of hydrazone groups is 1. The van der Waals surface area contributed by atoms with Crippen LogP contribution in [0.25, 0.3) is 0 Å². The van der Waals surface area contributed by atoms with Crippen molar-refractivity contribution in [1.29, 1.82) is 0 Å². The van der Waals surface area contributed by atoms with Gasteiger partial charge in [0.1, 0.15) is 5.82 Å². The number of nitrogen functional groups attached to an aromatic ring is 1. The molecule has 0 unspecified atom stereocenters. The van der Waals surface area contributed by atoms with Crippen LogP contribution in [0.4, 0.5) is 16.6 Å². The van der Waals surface area contributed by atoms with Gasteiger partial charge in [0.25, 0.3) is 0 Å². The Morgan fingerprint density at radius 1 is 1.41 bits per heavy atom.